The summed E-state index contributed by atoms with van der Waals surface area (Å²) in [7, 11) is 0. The second-order valence-corrected chi connectivity index (χ2v) is 10.4. The van der Waals surface area contributed by atoms with E-state index >= 15 is 0 Å². The monoisotopic (exact) mass is 446 g/mol. The number of benzene rings is 4. The highest BCUT2D eigenvalue weighted by atomic mass is 15.2. The quantitative estimate of drug-likeness (QED) is 0.240. The molecule has 0 saturated carbocycles. The molecular weight excluding hydrogens is 424 g/mol. The van der Waals surface area contributed by atoms with Crippen molar-refractivity contribution in [3.63, 3.8) is 0 Å². The summed E-state index contributed by atoms with van der Waals surface area (Å²) in [5.74, 6) is 0. The van der Waals surface area contributed by atoms with Crippen LogP contribution in [0.3, 0.4) is 0 Å². The Morgan fingerprint density at radius 1 is 0.514 bits per heavy atom. The zero-order chi connectivity index (χ0) is 22.7. The van der Waals surface area contributed by atoms with E-state index in [1.807, 2.05) is 6.20 Å². The van der Waals surface area contributed by atoms with Crippen LogP contribution in [0.25, 0.3) is 22.3 Å². The molecule has 2 nitrogen and oxygen atoms in total. The van der Waals surface area contributed by atoms with E-state index in [4.69, 9.17) is 0 Å². The highest BCUT2D eigenvalue weighted by Gasteiger charge is 2.34. The predicted molar refractivity (Wildman–Crippen MR) is 141 cm³/mol. The first-order chi connectivity index (χ1) is 17.3. The Hall–Kier alpha value is -4.17. The van der Waals surface area contributed by atoms with Crippen LogP contribution in [0.4, 0.5) is 17.1 Å². The van der Waals surface area contributed by atoms with Crippen molar-refractivity contribution in [2.75, 3.05) is 4.90 Å². The second-order valence-electron chi connectivity index (χ2n) is 10.4. The Labute approximate surface area is 204 Å². The topological polar surface area (TPSA) is 16.1 Å². The molecule has 9 rings (SSSR count). The second kappa shape index (κ2) is 6.28. The molecule has 4 aromatic carbocycles. The maximum atomic E-state index is 4.52. The maximum absolute atomic E-state index is 4.52. The molecule has 164 valence electrons. The van der Waals surface area contributed by atoms with Crippen molar-refractivity contribution in [1.82, 2.24) is 4.98 Å². The third-order valence-corrected chi connectivity index (χ3v) is 8.63. The Bertz CT molecular complexity index is 1760. The van der Waals surface area contributed by atoms with Crippen molar-refractivity contribution >= 4 is 17.1 Å². The SMILES string of the molecule is c1ccc2c(c1)Cc1c-2ccc2c1Cc1cc3c(cc1-2)N1c2cnccc2Cc2cccc(c21)C3. The van der Waals surface area contributed by atoms with Gasteiger partial charge < -0.3 is 4.90 Å². The van der Waals surface area contributed by atoms with E-state index in [1.54, 1.807) is 0 Å². The minimum absolute atomic E-state index is 0.979. The Morgan fingerprint density at radius 3 is 2.14 bits per heavy atom. The zero-order valence-electron chi connectivity index (χ0n) is 19.3. The van der Waals surface area contributed by atoms with E-state index in [1.165, 1.54) is 83.8 Å². The van der Waals surface area contributed by atoms with Gasteiger partial charge in [-0.05, 0) is 91.7 Å². The molecule has 2 heteroatoms. The number of nitrogens with zero attached hydrogens (tertiary/aromatic N) is 2. The molecule has 2 aliphatic heterocycles. The molecule has 1 aromatic heterocycles. The lowest BCUT2D eigenvalue weighted by molar-refractivity contribution is 0.999. The Morgan fingerprint density at radius 2 is 1.26 bits per heavy atom. The molecule has 3 heterocycles. The van der Waals surface area contributed by atoms with Crippen LogP contribution in [0, 0.1) is 0 Å². The molecule has 0 radical (unpaired) electrons. The molecule has 5 aromatic rings. The van der Waals surface area contributed by atoms with Crippen LogP contribution < -0.4 is 4.90 Å². The first kappa shape index (κ1) is 18.2. The van der Waals surface area contributed by atoms with Crippen LogP contribution >= 0.6 is 0 Å². The number of pyridine rings is 1. The molecule has 0 unspecified atom stereocenters. The van der Waals surface area contributed by atoms with Gasteiger partial charge in [0.2, 0.25) is 0 Å². The normalized spacial score (nSPS) is 14.9. The molecule has 0 fully saturated rings. The number of anilines is 3. The van der Waals surface area contributed by atoms with Gasteiger partial charge in [-0.15, -0.1) is 0 Å². The molecule has 0 bridgehead atoms. The third-order valence-electron chi connectivity index (χ3n) is 8.63. The summed E-state index contributed by atoms with van der Waals surface area (Å²) in [6.45, 7) is 0. The number of hydrogen-bond donors (Lipinski definition) is 0. The van der Waals surface area contributed by atoms with Crippen molar-refractivity contribution in [3.05, 3.63) is 130 Å². The van der Waals surface area contributed by atoms with E-state index < -0.39 is 0 Å². The average Bonchev–Trinajstić information content (AvgIpc) is 3.45. The first-order valence-corrected chi connectivity index (χ1v) is 12.6. The molecule has 0 spiro atoms. The van der Waals surface area contributed by atoms with Gasteiger partial charge in [-0.2, -0.15) is 0 Å². The minimum atomic E-state index is 0.979. The van der Waals surface area contributed by atoms with Crippen molar-refractivity contribution < 1.29 is 0 Å². The molecule has 4 aliphatic rings. The van der Waals surface area contributed by atoms with Crippen LogP contribution in [0.2, 0.25) is 0 Å². The van der Waals surface area contributed by atoms with Gasteiger partial charge in [0.25, 0.3) is 0 Å². The maximum Gasteiger partial charge on any atom is 0.0680 e. The van der Waals surface area contributed by atoms with Gasteiger partial charge in [-0.3, -0.25) is 4.98 Å². The number of para-hydroxylation sites is 1. The van der Waals surface area contributed by atoms with E-state index in [0.29, 0.717) is 0 Å². The largest absolute Gasteiger partial charge is 0.308 e. The Balaban J connectivity index is 1.26. The number of rotatable bonds is 0. The van der Waals surface area contributed by atoms with Gasteiger partial charge in [0, 0.05) is 19.0 Å². The van der Waals surface area contributed by atoms with Crippen LogP contribution in [-0.2, 0) is 25.7 Å². The summed E-state index contributed by atoms with van der Waals surface area (Å²) in [5.41, 5.74) is 21.3. The first-order valence-electron chi connectivity index (χ1n) is 12.6. The Kier molecular flexibility index (Phi) is 3.27. The fraction of sp³-hybridized carbons (Fsp3) is 0.121. The molecule has 2 aliphatic carbocycles. The van der Waals surface area contributed by atoms with E-state index in [9.17, 15) is 0 Å². The standard InChI is InChI=1S/C33H22N2/c1-2-7-25-19(4-1)15-29-26(25)8-9-27-28-17-31-24(14-23(28)16-30(27)29)13-22-6-3-5-21-12-20-10-11-34-18-32(20)35(31)33(21)22/h1-11,14,17-18H,12-13,15-16H2. The van der Waals surface area contributed by atoms with Gasteiger partial charge in [0.05, 0.1) is 23.3 Å². The van der Waals surface area contributed by atoms with Gasteiger partial charge in [-0.1, -0.05) is 60.7 Å². The summed E-state index contributed by atoms with van der Waals surface area (Å²) in [6, 6.07) is 27.6. The summed E-state index contributed by atoms with van der Waals surface area (Å²) in [6.07, 6.45) is 8.05. The molecule has 0 amide bonds. The van der Waals surface area contributed by atoms with E-state index in [0.717, 1.165) is 25.7 Å². The van der Waals surface area contributed by atoms with Crippen molar-refractivity contribution in [1.29, 1.82) is 0 Å². The third kappa shape index (κ3) is 2.27. The van der Waals surface area contributed by atoms with Crippen molar-refractivity contribution in [2.45, 2.75) is 25.7 Å². The molecular formula is C33H22N2. The lowest BCUT2D eigenvalue weighted by Gasteiger charge is -2.39. The summed E-state index contributed by atoms with van der Waals surface area (Å²) in [4.78, 5) is 7.02. The number of aromatic nitrogens is 1. The smallest absolute Gasteiger partial charge is 0.0680 e. The van der Waals surface area contributed by atoms with Crippen molar-refractivity contribution in [3.8, 4) is 22.3 Å². The number of hydrogen-bond acceptors (Lipinski definition) is 2. The molecule has 0 N–H and O–H groups in total. The zero-order valence-corrected chi connectivity index (χ0v) is 19.3. The van der Waals surface area contributed by atoms with Crippen molar-refractivity contribution in [2.24, 2.45) is 0 Å². The highest BCUT2D eigenvalue weighted by Crippen LogP contribution is 2.53. The van der Waals surface area contributed by atoms with E-state index in [2.05, 4.69) is 88.9 Å². The van der Waals surface area contributed by atoms with Crippen LogP contribution in [0.15, 0.2) is 85.2 Å². The lowest BCUT2D eigenvalue weighted by atomic mass is 9.86. The van der Waals surface area contributed by atoms with Crippen LogP contribution in [0.5, 0.6) is 0 Å². The fourth-order valence-corrected chi connectivity index (χ4v) is 7.11. The summed E-state index contributed by atoms with van der Waals surface area (Å²) < 4.78 is 0. The predicted octanol–water partition coefficient (Wildman–Crippen LogP) is 7.50. The average molecular weight is 447 g/mol. The van der Waals surface area contributed by atoms with Crippen LogP contribution in [0.1, 0.15) is 44.5 Å². The number of fused-ring (bicyclic) bond motifs is 11. The minimum Gasteiger partial charge on any atom is -0.308 e. The van der Waals surface area contributed by atoms with E-state index in [-0.39, 0.29) is 0 Å². The highest BCUT2D eigenvalue weighted by molar-refractivity contribution is 5.93. The van der Waals surface area contributed by atoms with Gasteiger partial charge >= 0.3 is 0 Å². The molecule has 35 heavy (non-hydrogen) atoms. The van der Waals surface area contributed by atoms with Crippen LogP contribution in [-0.4, -0.2) is 4.98 Å². The fourth-order valence-electron chi connectivity index (χ4n) is 7.11. The van der Waals surface area contributed by atoms with Gasteiger partial charge in [0.15, 0.2) is 0 Å². The summed E-state index contributed by atoms with van der Waals surface area (Å²) in [5, 5.41) is 0. The lowest BCUT2D eigenvalue weighted by Crippen LogP contribution is -2.25. The van der Waals surface area contributed by atoms with Gasteiger partial charge in [0.1, 0.15) is 0 Å². The molecule has 0 saturated heterocycles. The molecule has 0 atom stereocenters. The van der Waals surface area contributed by atoms with Gasteiger partial charge in [-0.25, -0.2) is 0 Å². The summed E-state index contributed by atoms with van der Waals surface area (Å²) >= 11 is 0.